The fraction of sp³-hybridized carbons (Fsp3) is 0.300. The highest BCUT2D eigenvalue weighted by Crippen LogP contribution is 2.32. The van der Waals surface area contributed by atoms with Crippen LogP contribution in [0.4, 0.5) is 11.4 Å². The molecule has 0 atom stereocenters. The third-order valence-electron chi connectivity index (χ3n) is 4.40. The van der Waals surface area contributed by atoms with E-state index in [9.17, 15) is 9.59 Å². The van der Waals surface area contributed by atoms with Crippen molar-refractivity contribution < 1.29 is 14.3 Å². The van der Waals surface area contributed by atoms with Crippen molar-refractivity contribution in [3.05, 3.63) is 53.6 Å². The molecule has 0 fully saturated rings. The van der Waals surface area contributed by atoms with Gasteiger partial charge in [0.15, 0.2) is 6.61 Å². The van der Waals surface area contributed by atoms with E-state index in [1.807, 2.05) is 56.3 Å². The van der Waals surface area contributed by atoms with Gasteiger partial charge in [0.2, 0.25) is 5.91 Å². The van der Waals surface area contributed by atoms with Crippen LogP contribution in [0.3, 0.4) is 0 Å². The standard InChI is InChI=1S/C20H22N2O3/c1-4-22(16-7-5-6-14(2)10-16)19(23)12-15-8-9-18-17(11-15)21(3)20(24)13-25-18/h5-11H,4,12-13H2,1-3H3. The summed E-state index contributed by atoms with van der Waals surface area (Å²) in [5.41, 5.74) is 3.59. The second kappa shape index (κ2) is 6.97. The number of hydrogen-bond acceptors (Lipinski definition) is 3. The van der Waals surface area contributed by atoms with Gasteiger partial charge < -0.3 is 14.5 Å². The highest BCUT2D eigenvalue weighted by Gasteiger charge is 2.23. The summed E-state index contributed by atoms with van der Waals surface area (Å²) in [6.07, 6.45) is 0.275. The van der Waals surface area contributed by atoms with Crippen molar-refractivity contribution in [2.75, 3.05) is 30.0 Å². The smallest absolute Gasteiger partial charge is 0.264 e. The van der Waals surface area contributed by atoms with E-state index in [2.05, 4.69) is 0 Å². The van der Waals surface area contributed by atoms with Gasteiger partial charge in [-0.05, 0) is 49.2 Å². The molecule has 0 saturated heterocycles. The van der Waals surface area contributed by atoms with Gasteiger partial charge in [-0.2, -0.15) is 0 Å². The minimum atomic E-state index is -0.0917. The summed E-state index contributed by atoms with van der Waals surface area (Å²) in [6, 6.07) is 13.5. The Morgan fingerprint density at radius 2 is 2.04 bits per heavy atom. The van der Waals surface area contributed by atoms with Crippen molar-refractivity contribution in [1.29, 1.82) is 0 Å². The average molecular weight is 338 g/mol. The Bertz CT molecular complexity index is 816. The average Bonchev–Trinajstić information content (AvgIpc) is 2.59. The zero-order chi connectivity index (χ0) is 18.0. The lowest BCUT2D eigenvalue weighted by atomic mass is 10.1. The molecular formula is C20H22N2O3. The number of anilines is 2. The largest absolute Gasteiger partial charge is 0.482 e. The summed E-state index contributed by atoms with van der Waals surface area (Å²) in [4.78, 5) is 27.9. The van der Waals surface area contributed by atoms with Gasteiger partial charge in [0.1, 0.15) is 5.75 Å². The lowest BCUT2D eigenvalue weighted by Gasteiger charge is -2.27. The fourth-order valence-electron chi connectivity index (χ4n) is 3.00. The van der Waals surface area contributed by atoms with Gasteiger partial charge in [0.05, 0.1) is 12.1 Å². The molecular weight excluding hydrogens is 316 g/mol. The first-order valence-corrected chi connectivity index (χ1v) is 8.39. The van der Waals surface area contributed by atoms with Crippen LogP contribution in [0.5, 0.6) is 5.75 Å². The number of carbonyl (C=O) groups is 2. The fourth-order valence-corrected chi connectivity index (χ4v) is 3.00. The quantitative estimate of drug-likeness (QED) is 0.861. The van der Waals surface area contributed by atoms with Crippen molar-refractivity contribution in [2.24, 2.45) is 0 Å². The Labute approximate surface area is 147 Å². The van der Waals surface area contributed by atoms with E-state index in [-0.39, 0.29) is 24.8 Å². The van der Waals surface area contributed by atoms with Crippen molar-refractivity contribution in [3.63, 3.8) is 0 Å². The molecule has 0 aromatic heterocycles. The molecule has 2 aromatic carbocycles. The van der Waals surface area contributed by atoms with Crippen LogP contribution in [0.1, 0.15) is 18.1 Å². The molecule has 0 bridgehead atoms. The number of benzene rings is 2. The predicted molar refractivity (Wildman–Crippen MR) is 98.3 cm³/mol. The molecule has 1 aliphatic rings. The number of nitrogens with zero attached hydrogens (tertiary/aromatic N) is 2. The highest BCUT2D eigenvalue weighted by atomic mass is 16.5. The zero-order valence-electron chi connectivity index (χ0n) is 14.8. The van der Waals surface area contributed by atoms with Crippen LogP contribution in [0, 0.1) is 6.92 Å². The summed E-state index contributed by atoms with van der Waals surface area (Å²) >= 11 is 0. The summed E-state index contributed by atoms with van der Waals surface area (Å²) in [5, 5.41) is 0. The van der Waals surface area contributed by atoms with E-state index in [0.29, 0.717) is 18.0 Å². The molecule has 0 aliphatic carbocycles. The van der Waals surface area contributed by atoms with E-state index < -0.39 is 0 Å². The molecule has 1 aliphatic heterocycles. The minimum Gasteiger partial charge on any atom is -0.482 e. The van der Waals surface area contributed by atoms with Crippen molar-refractivity contribution in [2.45, 2.75) is 20.3 Å². The first-order valence-electron chi connectivity index (χ1n) is 8.39. The summed E-state index contributed by atoms with van der Waals surface area (Å²) in [5.74, 6) is 0.606. The maximum atomic E-state index is 12.8. The number of rotatable bonds is 4. The van der Waals surface area contributed by atoms with Gasteiger partial charge >= 0.3 is 0 Å². The Morgan fingerprint density at radius 1 is 1.24 bits per heavy atom. The van der Waals surface area contributed by atoms with E-state index >= 15 is 0 Å². The molecule has 130 valence electrons. The van der Waals surface area contributed by atoms with Crippen molar-refractivity contribution in [1.82, 2.24) is 0 Å². The van der Waals surface area contributed by atoms with Gasteiger partial charge in [0, 0.05) is 19.3 Å². The van der Waals surface area contributed by atoms with E-state index in [4.69, 9.17) is 4.74 Å². The highest BCUT2D eigenvalue weighted by molar-refractivity contribution is 5.98. The molecule has 0 unspecified atom stereocenters. The molecule has 0 N–H and O–H groups in total. The molecule has 5 heteroatoms. The van der Waals surface area contributed by atoms with Gasteiger partial charge in [-0.15, -0.1) is 0 Å². The molecule has 3 rings (SSSR count). The number of amides is 2. The van der Waals surface area contributed by atoms with Crippen LogP contribution in [0.2, 0.25) is 0 Å². The Hall–Kier alpha value is -2.82. The molecule has 0 saturated carbocycles. The molecule has 2 aromatic rings. The van der Waals surface area contributed by atoms with Gasteiger partial charge in [0.25, 0.3) is 5.91 Å². The maximum absolute atomic E-state index is 12.8. The maximum Gasteiger partial charge on any atom is 0.264 e. The van der Waals surface area contributed by atoms with Crippen molar-refractivity contribution in [3.8, 4) is 5.75 Å². The van der Waals surface area contributed by atoms with E-state index in [0.717, 1.165) is 16.8 Å². The van der Waals surface area contributed by atoms with E-state index in [1.165, 1.54) is 0 Å². The number of carbonyl (C=O) groups excluding carboxylic acids is 2. The first kappa shape index (κ1) is 17.0. The molecule has 2 amide bonds. The molecule has 0 spiro atoms. The van der Waals surface area contributed by atoms with E-state index in [1.54, 1.807) is 16.8 Å². The summed E-state index contributed by atoms with van der Waals surface area (Å²) in [6.45, 7) is 4.64. The topological polar surface area (TPSA) is 49.9 Å². The normalized spacial score (nSPS) is 13.2. The lowest BCUT2D eigenvalue weighted by Crippen LogP contribution is -2.35. The number of hydrogen-bond donors (Lipinski definition) is 0. The van der Waals surface area contributed by atoms with Gasteiger partial charge in [-0.1, -0.05) is 18.2 Å². The van der Waals surface area contributed by atoms with Crippen LogP contribution in [0.15, 0.2) is 42.5 Å². The second-order valence-electron chi connectivity index (χ2n) is 6.20. The first-order chi connectivity index (χ1) is 12.0. The zero-order valence-corrected chi connectivity index (χ0v) is 14.8. The molecule has 5 nitrogen and oxygen atoms in total. The third-order valence-corrected chi connectivity index (χ3v) is 4.40. The number of ether oxygens (including phenoxy) is 1. The van der Waals surface area contributed by atoms with Crippen LogP contribution >= 0.6 is 0 Å². The molecule has 1 heterocycles. The lowest BCUT2D eigenvalue weighted by molar-refractivity contribution is -0.121. The van der Waals surface area contributed by atoms with Crippen molar-refractivity contribution >= 4 is 23.2 Å². The SMILES string of the molecule is CCN(C(=O)Cc1ccc2c(c1)N(C)C(=O)CO2)c1cccc(C)c1. The second-order valence-corrected chi connectivity index (χ2v) is 6.20. The number of aryl methyl sites for hydroxylation is 1. The van der Waals surface area contributed by atoms with Crippen LogP contribution < -0.4 is 14.5 Å². The van der Waals surface area contributed by atoms with Crippen LogP contribution in [-0.2, 0) is 16.0 Å². The monoisotopic (exact) mass is 338 g/mol. The number of fused-ring (bicyclic) bond motifs is 1. The van der Waals surface area contributed by atoms with Gasteiger partial charge in [-0.3, -0.25) is 9.59 Å². The molecule has 0 radical (unpaired) electrons. The minimum absolute atomic E-state index is 0.0266. The summed E-state index contributed by atoms with van der Waals surface area (Å²) in [7, 11) is 1.72. The Kier molecular flexibility index (Phi) is 4.74. The third kappa shape index (κ3) is 3.50. The Morgan fingerprint density at radius 3 is 2.76 bits per heavy atom. The van der Waals surface area contributed by atoms with Gasteiger partial charge in [-0.25, -0.2) is 0 Å². The predicted octanol–water partition coefficient (Wildman–Crippen LogP) is 2.95. The molecule has 25 heavy (non-hydrogen) atoms. The summed E-state index contributed by atoms with van der Waals surface area (Å²) < 4.78 is 5.43. The Balaban J connectivity index is 1.82. The number of likely N-dealkylation sites (N-methyl/N-ethyl adjacent to an activating group) is 2. The van der Waals surface area contributed by atoms with Crippen LogP contribution in [-0.4, -0.2) is 32.0 Å². The van der Waals surface area contributed by atoms with Crippen LogP contribution in [0.25, 0.3) is 0 Å².